The number of hydrogen-bond donors (Lipinski definition) is 7. The Bertz CT molecular complexity index is 2550. The molecule has 0 aliphatic carbocycles. The molecule has 1 aliphatic rings. The van der Waals surface area contributed by atoms with Crippen molar-refractivity contribution in [1.29, 1.82) is 0 Å². The summed E-state index contributed by atoms with van der Waals surface area (Å²) < 4.78 is 4.89. The van der Waals surface area contributed by atoms with Crippen LogP contribution >= 0.6 is 11.6 Å². The normalized spacial score (nSPS) is 17.2. The van der Waals surface area contributed by atoms with Gasteiger partial charge in [-0.1, -0.05) is 53.2 Å². The van der Waals surface area contributed by atoms with Gasteiger partial charge >= 0.3 is 0 Å². The second-order valence-corrected chi connectivity index (χ2v) is 16.0. The number of nitrogens with one attached hydrogen (secondary N) is 4. The van der Waals surface area contributed by atoms with Crippen molar-refractivity contribution in [3.8, 4) is 33.8 Å². The van der Waals surface area contributed by atoms with Gasteiger partial charge in [-0.3, -0.25) is 28.8 Å². The number of unbranched alkanes of at least 4 members (excludes halogenated alkanes) is 1. The van der Waals surface area contributed by atoms with E-state index < -0.39 is 65.5 Å². The van der Waals surface area contributed by atoms with E-state index in [1.807, 2.05) is 12.1 Å². The summed E-state index contributed by atoms with van der Waals surface area (Å²) in [6.45, 7) is 4.66. The zero-order valence-electron chi connectivity index (χ0n) is 35.6. The van der Waals surface area contributed by atoms with Crippen molar-refractivity contribution in [1.82, 2.24) is 36.3 Å². The number of aromatic nitrogens is 2. The molecule has 1 aliphatic heterocycles. The van der Waals surface area contributed by atoms with Crippen LogP contribution in [0.1, 0.15) is 77.1 Å². The average Bonchev–Trinajstić information content (AvgIpc) is 3.72. The van der Waals surface area contributed by atoms with Gasteiger partial charge in [0.2, 0.25) is 41.1 Å². The third-order valence-corrected chi connectivity index (χ3v) is 11.1. The lowest BCUT2D eigenvalue weighted by molar-refractivity contribution is -0.141. The number of phenols is 2. The second-order valence-electron chi connectivity index (χ2n) is 15.6. The molecule has 2 heterocycles. The van der Waals surface area contributed by atoms with Crippen LogP contribution in [0.5, 0.6) is 11.5 Å². The highest BCUT2D eigenvalue weighted by Gasteiger charge is 2.36. The fraction of sp³-hybridized carbons (Fsp3) is 0.304. The number of ketones is 1. The van der Waals surface area contributed by atoms with Crippen LogP contribution in [0.3, 0.4) is 0 Å². The third-order valence-electron chi connectivity index (χ3n) is 10.9. The van der Waals surface area contributed by atoms with E-state index in [9.17, 15) is 39.0 Å². The molecule has 6 rings (SSSR count). The SMILES string of the molecule is Cc1nc(C(=O)[C@H](C)NC(=O)[C@@H]2Cc3ccc(O)c(c3)-c3cc(ccc3O)[C@H](N(C)C(=O)[C@H](CCCCN)NC(=O)c3ccc(-c4ccc(Cl)cc4)cc3)C(=O)N[C@@H](C)C(=O)N2)no1. The van der Waals surface area contributed by atoms with E-state index in [-0.39, 0.29) is 58.3 Å². The molecular formula is C46H49ClN8O9. The summed E-state index contributed by atoms with van der Waals surface area (Å²) in [5, 5.41) is 37.2. The predicted molar refractivity (Wildman–Crippen MR) is 236 cm³/mol. The topological polar surface area (TPSA) is 259 Å². The molecule has 4 aromatic carbocycles. The molecule has 0 saturated heterocycles. The van der Waals surface area contributed by atoms with Crippen molar-refractivity contribution in [2.45, 2.75) is 76.7 Å². The van der Waals surface area contributed by atoms with Crippen LogP contribution in [0.2, 0.25) is 5.02 Å². The summed E-state index contributed by atoms with van der Waals surface area (Å²) >= 11 is 6.05. The lowest BCUT2D eigenvalue weighted by Crippen LogP contribution is -2.57. The first-order valence-corrected chi connectivity index (χ1v) is 21.0. The Labute approximate surface area is 373 Å². The van der Waals surface area contributed by atoms with Crippen LogP contribution in [0.4, 0.5) is 0 Å². The van der Waals surface area contributed by atoms with E-state index in [1.165, 1.54) is 64.2 Å². The van der Waals surface area contributed by atoms with Gasteiger partial charge in [-0.25, -0.2) is 0 Å². The number of nitrogens with two attached hydrogens (primary N) is 1. The Kier molecular flexibility index (Phi) is 14.8. The van der Waals surface area contributed by atoms with Crippen molar-refractivity contribution in [2.24, 2.45) is 5.73 Å². The third kappa shape index (κ3) is 10.9. The molecule has 17 nitrogen and oxygen atoms in total. The van der Waals surface area contributed by atoms with Crippen LogP contribution in [-0.4, -0.2) is 98.3 Å². The van der Waals surface area contributed by atoms with Gasteiger partial charge < -0.3 is 46.6 Å². The van der Waals surface area contributed by atoms with Gasteiger partial charge in [0.15, 0.2) is 0 Å². The maximum Gasteiger partial charge on any atom is 0.251 e. The largest absolute Gasteiger partial charge is 0.507 e. The second kappa shape index (κ2) is 20.4. The number of halogens is 1. The first-order valence-electron chi connectivity index (χ1n) is 20.6. The molecule has 0 saturated carbocycles. The van der Waals surface area contributed by atoms with Gasteiger partial charge in [0, 0.05) is 42.1 Å². The molecular weight excluding hydrogens is 844 g/mol. The molecule has 0 radical (unpaired) electrons. The number of rotatable bonds is 13. The van der Waals surface area contributed by atoms with E-state index in [2.05, 4.69) is 31.4 Å². The van der Waals surface area contributed by atoms with Crippen molar-refractivity contribution >= 4 is 46.9 Å². The number of nitrogens with zero attached hydrogens (tertiary/aromatic N) is 3. The molecule has 5 aromatic rings. The number of aryl methyl sites for hydroxylation is 1. The Morgan fingerprint density at radius 2 is 1.53 bits per heavy atom. The predicted octanol–water partition coefficient (Wildman–Crippen LogP) is 4.14. The summed E-state index contributed by atoms with van der Waals surface area (Å²) in [4.78, 5) is 88.4. The van der Waals surface area contributed by atoms with Gasteiger partial charge in [0.25, 0.3) is 5.91 Å². The summed E-state index contributed by atoms with van der Waals surface area (Å²) in [7, 11) is 1.38. The number of phenolic OH excluding ortho intramolecular Hbond substituents is 2. The van der Waals surface area contributed by atoms with Crippen molar-refractivity contribution in [2.75, 3.05) is 13.6 Å². The highest BCUT2D eigenvalue weighted by Crippen LogP contribution is 2.39. The van der Waals surface area contributed by atoms with Crippen molar-refractivity contribution in [3.05, 3.63) is 118 Å². The molecule has 0 spiro atoms. The first kappa shape index (κ1) is 46.4. The van der Waals surface area contributed by atoms with E-state index in [0.29, 0.717) is 30.0 Å². The molecule has 5 atom stereocenters. The number of amides is 5. The average molecular weight is 893 g/mol. The minimum atomic E-state index is -1.46. The van der Waals surface area contributed by atoms with Crippen molar-refractivity contribution < 1.29 is 43.5 Å². The summed E-state index contributed by atoms with van der Waals surface area (Å²) in [6.07, 6.45) is 1.04. The Morgan fingerprint density at radius 1 is 0.891 bits per heavy atom. The molecule has 1 aromatic heterocycles. The maximum absolute atomic E-state index is 14.6. The Hall–Kier alpha value is -7.11. The summed E-state index contributed by atoms with van der Waals surface area (Å²) in [6, 6.07) is 16.3. The van der Waals surface area contributed by atoms with E-state index in [0.717, 1.165) is 16.0 Å². The van der Waals surface area contributed by atoms with Gasteiger partial charge in [0.05, 0.1) is 6.04 Å². The minimum Gasteiger partial charge on any atom is -0.507 e. The maximum atomic E-state index is 14.6. The highest BCUT2D eigenvalue weighted by molar-refractivity contribution is 6.30. The molecule has 0 unspecified atom stereocenters. The van der Waals surface area contributed by atoms with Gasteiger partial charge in [0.1, 0.15) is 35.7 Å². The van der Waals surface area contributed by atoms with Gasteiger partial charge in [-0.05, 0) is 110 Å². The van der Waals surface area contributed by atoms with Crippen LogP contribution in [0, 0.1) is 6.92 Å². The fourth-order valence-electron chi connectivity index (χ4n) is 7.31. The standard InChI is InChI=1S/C46H49ClN8O9/c1-24(40(58)41-51-26(3)64-54-41)49-44(61)36-22-27-8-18-37(56)33(21-27)34-23-31(15-19-38(34)57)39(45(62)50-25(2)42(59)53-36)55(4)46(63)35(7-5-6-20-48)52-43(60)30-11-9-28(10-12-30)29-13-16-32(47)17-14-29/h8-19,21,23-25,35-36,39,56-57H,5-7,20,22,48H2,1-4H3,(H,49,61)(H,50,62)(H,52,60)(H,53,59)/t24-,25-,35-,36-,39-/m0/s1. The number of carbonyl (C=O) groups is 6. The van der Waals surface area contributed by atoms with Crippen LogP contribution in [0.25, 0.3) is 22.3 Å². The van der Waals surface area contributed by atoms with Gasteiger partial charge in [-0.2, -0.15) is 4.98 Å². The number of fused-ring (bicyclic) bond motifs is 5. The molecule has 4 bridgehead atoms. The number of Topliss-reactive ketones (excluding diaryl/α,β-unsaturated/α-hetero) is 1. The molecule has 334 valence electrons. The zero-order chi connectivity index (χ0) is 46.2. The molecule has 18 heteroatoms. The fourth-order valence-corrected chi connectivity index (χ4v) is 7.44. The molecule has 64 heavy (non-hydrogen) atoms. The number of carbonyl (C=O) groups excluding carboxylic acids is 6. The van der Waals surface area contributed by atoms with Crippen LogP contribution in [0.15, 0.2) is 89.5 Å². The van der Waals surface area contributed by atoms with Crippen molar-refractivity contribution in [3.63, 3.8) is 0 Å². The quantitative estimate of drug-likeness (QED) is 0.0650. The number of hydrogen-bond acceptors (Lipinski definition) is 12. The monoisotopic (exact) mass is 892 g/mol. The lowest BCUT2D eigenvalue weighted by atomic mass is 9.93. The van der Waals surface area contributed by atoms with E-state index >= 15 is 0 Å². The minimum absolute atomic E-state index is 0.0927. The number of aromatic hydroxyl groups is 2. The zero-order valence-corrected chi connectivity index (χ0v) is 36.3. The number of likely N-dealkylation sites (N-methyl/N-ethyl adjacent to an activating group) is 1. The Morgan fingerprint density at radius 3 is 2.17 bits per heavy atom. The number of benzene rings is 4. The highest BCUT2D eigenvalue weighted by atomic mass is 35.5. The smallest absolute Gasteiger partial charge is 0.251 e. The van der Waals surface area contributed by atoms with Crippen LogP contribution < -0.4 is 27.0 Å². The van der Waals surface area contributed by atoms with Gasteiger partial charge in [-0.15, -0.1) is 0 Å². The van der Waals surface area contributed by atoms with E-state index in [1.54, 1.807) is 36.4 Å². The summed E-state index contributed by atoms with van der Waals surface area (Å²) in [5.41, 5.74) is 8.66. The van der Waals surface area contributed by atoms with E-state index in [4.69, 9.17) is 21.9 Å². The first-order chi connectivity index (χ1) is 30.5. The molecule has 5 amide bonds. The Balaban J connectivity index is 1.31. The lowest BCUT2D eigenvalue weighted by Gasteiger charge is -2.32. The molecule has 8 N–H and O–H groups in total. The molecule has 0 fully saturated rings. The summed E-state index contributed by atoms with van der Waals surface area (Å²) in [5.74, 6) is -4.80. The van der Waals surface area contributed by atoms with Crippen LogP contribution in [-0.2, 0) is 25.6 Å².